The highest BCUT2D eigenvalue weighted by Crippen LogP contribution is 2.29. The Kier molecular flexibility index (Phi) is 8.51. The molecule has 188 valence electrons. The number of rotatable bonds is 7. The molecule has 3 N–H and O–H groups in total. The summed E-state index contributed by atoms with van der Waals surface area (Å²) in [6.07, 6.45) is 1.33. The lowest BCUT2D eigenvalue weighted by molar-refractivity contribution is -0.136. The molecule has 2 aromatic carbocycles. The van der Waals surface area contributed by atoms with Gasteiger partial charge in [0.15, 0.2) is 0 Å². The molecule has 0 spiro atoms. The Morgan fingerprint density at radius 2 is 1.80 bits per heavy atom. The van der Waals surface area contributed by atoms with Crippen molar-refractivity contribution in [2.45, 2.75) is 52.7 Å². The number of carbonyl (C=O) groups excluding carboxylic acids is 3. The Bertz CT molecular complexity index is 1040. The molecule has 1 heterocycles. The van der Waals surface area contributed by atoms with E-state index in [0.717, 1.165) is 12.8 Å². The first-order valence-corrected chi connectivity index (χ1v) is 12.1. The standard InChI is InChI=1S/C27H36N4O4/c1-19(25(34)30-15-9-14-27(3,4)18-30)31(23-12-6-5-7-13-23)24(33)17-28-26(35)29-22-11-8-10-21(16-22)20(2)32/h5-8,10-13,16,19-20,32H,9,14-15,17-18H2,1-4H3,(H2,28,29,35)/t19-,20?/m1/s1. The number of hydrogen-bond donors (Lipinski definition) is 3. The molecule has 0 aliphatic carbocycles. The van der Waals surface area contributed by atoms with E-state index >= 15 is 0 Å². The number of nitrogens with zero attached hydrogens (tertiary/aromatic N) is 2. The number of para-hydroxylation sites is 1. The zero-order chi connectivity index (χ0) is 25.6. The molecule has 1 aliphatic heterocycles. The minimum atomic E-state index is -0.716. The van der Waals surface area contributed by atoms with Crippen LogP contribution in [-0.4, -0.2) is 53.5 Å². The molecule has 1 fully saturated rings. The Labute approximate surface area is 207 Å². The topological polar surface area (TPSA) is 102 Å². The first-order chi connectivity index (χ1) is 16.6. The normalized spacial score (nSPS) is 16.7. The molecule has 8 heteroatoms. The van der Waals surface area contributed by atoms with Gasteiger partial charge >= 0.3 is 6.03 Å². The molecule has 0 saturated carbocycles. The largest absolute Gasteiger partial charge is 0.389 e. The van der Waals surface area contributed by atoms with Crippen molar-refractivity contribution < 1.29 is 19.5 Å². The maximum atomic E-state index is 13.4. The Hall–Kier alpha value is -3.39. The molecule has 1 saturated heterocycles. The van der Waals surface area contributed by atoms with Crippen molar-refractivity contribution >= 4 is 29.2 Å². The van der Waals surface area contributed by atoms with Gasteiger partial charge in [-0.2, -0.15) is 0 Å². The minimum Gasteiger partial charge on any atom is -0.389 e. The van der Waals surface area contributed by atoms with Crippen LogP contribution in [0.25, 0.3) is 0 Å². The van der Waals surface area contributed by atoms with Gasteiger partial charge in [0.1, 0.15) is 6.04 Å². The third-order valence-corrected chi connectivity index (χ3v) is 6.29. The van der Waals surface area contributed by atoms with E-state index in [4.69, 9.17) is 0 Å². The van der Waals surface area contributed by atoms with Crippen molar-refractivity contribution in [3.05, 3.63) is 60.2 Å². The number of nitrogens with one attached hydrogen (secondary N) is 2. The smallest absolute Gasteiger partial charge is 0.319 e. The Morgan fingerprint density at radius 3 is 2.46 bits per heavy atom. The number of likely N-dealkylation sites (tertiary alicyclic amines) is 1. The average molecular weight is 481 g/mol. The number of aliphatic hydroxyl groups is 1. The third-order valence-electron chi connectivity index (χ3n) is 6.29. The number of amides is 4. The van der Waals surface area contributed by atoms with Crippen LogP contribution < -0.4 is 15.5 Å². The van der Waals surface area contributed by atoms with Crippen LogP contribution in [0.1, 0.15) is 52.2 Å². The number of piperidine rings is 1. The molecule has 8 nitrogen and oxygen atoms in total. The van der Waals surface area contributed by atoms with E-state index in [1.165, 1.54) is 4.90 Å². The van der Waals surface area contributed by atoms with Gasteiger partial charge in [0, 0.05) is 24.5 Å². The summed E-state index contributed by atoms with van der Waals surface area (Å²) in [5.74, 6) is -0.490. The van der Waals surface area contributed by atoms with Crippen molar-refractivity contribution in [3.8, 4) is 0 Å². The van der Waals surface area contributed by atoms with Gasteiger partial charge in [0.25, 0.3) is 0 Å². The monoisotopic (exact) mass is 480 g/mol. The SMILES string of the molecule is CC(O)c1cccc(NC(=O)NCC(=O)N(c2ccccc2)[C@H](C)C(=O)N2CCCC(C)(C)C2)c1. The zero-order valence-electron chi connectivity index (χ0n) is 21.0. The lowest BCUT2D eigenvalue weighted by Crippen LogP contribution is -2.55. The summed E-state index contributed by atoms with van der Waals surface area (Å²) in [5, 5.41) is 15.0. The lowest BCUT2D eigenvalue weighted by Gasteiger charge is -2.40. The quantitative estimate of drug-likeness (QED) is 0.559. The Morgan fingerprint density at radius 1 is 1.09 bits per heavy atom. The Balaban J connectivity index is 1.69. The van der Waals surface area contributed by atoms with Crippen molar-refractivity contribution in [2.24, 2.45) is 5.41 Å². The molecule has 2 aromatic rings. The van der Waals surface area contributed by atoms with Gasteiger partial charge in [0.05, 0.1) is 12.6 Å². The summed E-state index contributed by atoms with van der Waals surface area (Å²) in [7, 11) is 0. The number of benzene rings is 2. The molecule has 4 amide bonds. The van der Waals surface area contributed by atoms with Crippen LogP contribution in [-0.2, 0) is 9.59 Å². The average Bonchev–Trinajstić information content (AvgIpc) is 2.82. The van der Waals surface area contributed by atoms with E-state index < -0.39 is 18.2 Å². The first-order valence-electron chi connectivity index (χ1n) is 12.1. The fraction of sp³-hybridized carbons (Fsp3) is 0.444. The van der Waals surface area contributed by atoms with Gasteiger partial charge < -0.3 is 20.6 Å². The van der Waals surface area contributed by atoms with Crippen molar-refractivity contribution in [1.29, 1.82) is 0 Å². The van der Waals surface area contributed by atoms with E-state index in [0.29, 0.717) is 30.0 Å². The van der Waals surface area contributed by atoms with Gasteiger partial charge in [-0.1, -0.05) is 44.2 Å². The number of urea groups is 1. The highest BCUT2D eigenvalue weighted by atomic mass is 16.3. The molecule has 3 rings (SSSR count). The highest BCUT2D eigenvalue weighted by molar-refractivity contribution is 6.03. The molecule has 0 radical (unpaired) electrons. The molecule has 1 unspecified atom stereocenters. The summed E-state index contributed by atoms with van der Waals surface area (Å²) >= 11 is 0. The zero-order valence-corrected chi connectivity index (χ0v) is 21.0. The van der Waals surface area contributed by atoms with Crippen molar-refractivity contribution in [3.63, 3.8) is 0 Å². The highest BCUT2D eigenvalue weighted by Gasteiger charge is 2.35. The molecular formula is C27H36N4O4. The summed E-state index contributed by atoms with van der Waals surface area (Å²) in [6, 6.07) is 14.6. The number of aliphatic hydroxyl groups excluding tert-OH is 1. The third kappa shape index (κ3) is 7.05. The van der Waals surface area contributed by atoms with Gasteiger partial charge in [0.2, 0.25) is 11.8 Å². The molecule has 2 atom stereocenters. The van der Waals surface area contributed by atoms with E-state index in [1.54, 1.807) is 50.2 Å². The number of anilines is 2. The lowest BCUT2D eigenvalue weighted by atomic mass is 9.84. The number of hydrogen-bond acceptors (Lipinski definition) is 4. The second-order valence-corrected chi connectivity index (χ2v) is 9.91. The molecule has 1 aliphatic rings. The van der Waals surface area contributed by atoms with Crippen LogP contribution in [0.3, 0.4) is 0 Å². The predicted molar refractivity (Wildman–Crippen MR) is 137 cm³/mol. The second kappa shape index (κ2) is 11.4. The summed E-state index contributed by atoms with van der Waals surface area (Å²) in [6.45, 7) is 8.72. The first kappa shape index (κ1) is 26.2. The summed E-state index contributed by atoms with van der Waals surface area (Å²) in [4.78, 5) is 42.4. The maximum Gasteiger partial charge on any atom is 0.319 e. The van der Waals surface area contributed by atoms with Crippen LogP contribution in [0.5, 0.6) is 0 Å². The van der Waals surface area contributed by atoms with Crippen molar-refractivity contribution in [1.82, 2.24) is 10.2 Å². The summed E-state index contributed by atoms with van der Waals surface area (Å²) in [5.41, 5.74) is 1.81. The molecule has 0 aromatic heterocycles. The number of carbonyl (C=O) groups is 3. The van der Waals surface area contributed by atoms with Gasteiger partial charge in [-0.05, 0) is 61.9 Å². The van der Waals surface area contributed by atoms with Crippen LogP contribution in [0, 0.1) is 5.41 Å². The fourth-order valence-corrected chi connectivity index (χ4v) is 4.45. The maximum absolute atomic E-state index is 13.4. The van der Waals surface area contributed by atoms with Gasteiger partial charge in [-0.25, -0.2) is 4.79 Å². The van der Waals surface area contributed by atoms with E-state index in [9.17, 15) is 19.5 Å². The van der Waals surface area contributed by atoms with Crippen LogP contribution in [0.4, 0.5) is 16.2 Å². The fourth-order valence-electron chi connectivity index (χ4n) is 4.45. The van der Waals surface area contributed by atoms with Crippen LogP contribution in [0.15, 0.2) is 54.6 Å². The minimum absolute atomic E-state index is 0.0416. The molecular weight excluding hydrogens is 444 g/mol. The van der Waals surface area contributed by atoms with Crippen molar-refractivity contribution in [2.75, 3.05) is 29.9 Å². The van der Waals surface area contributed by atoms with E-state index in [-0.39, 0.29) is 23.8 Å². The van der Waals surface area contributed by atoms with Gasteiger partial charge in [-0.3, -0.25) is 14.5 Å². The molecule has 35 heavy (non-hydrogen) atoms. The second-order valence-electron chi connectivity index (χ2n) is 9.91. The van der Waals surface area contributed by atoms with E-state index in [2.05, 4.69) is 24.5 Å². The predicted octanol–water partition coefficient (Wildman–Crippen LogP) is 3.93. The van der Waals surface area contributed by atoms with Crippen LogP contribution in [0.2, 0.25) is 0 Å². The van der Waals surface area contributed by atoms with Gasteiger partial charge in [-0.15, -0.1) is 0 Å². The van der Waals surface area contributed by atoms with Crippen LogP contribution >= 0.6 is 0 Å². The summed E-state index contributed by atoms with van der Waals surface area (Å²) < 4.78 is 0. The van der Waals surface area contributed by atoms with E-state index in [1.807, 2.05) is 23.1 Å². The molecule has 0 bridgehead atoms.